The van der Waals surface area contributed by atoms with Crippen LogP contribution in [0.25, 0.3) is 0 Å². The summed E-state index contributed by atoms with van der Waals surface area (Å²) in [6.45, 7) is 10.6. The van der Waals surface area contributed by atoms with Crippen LogP contribution in [0, 0.1) is 0 Å². The van der Waals surface area contributed by atoms with Crippen LogP contribution in [0.15, 0.2) is 24.3 Å². The molecule has 6 nitrogen and oxygen atoms in total. The summed E-state index contributed by atoms with van der Waals surface area (Å²) in [7, 11) is 0. The molecule has 0 bridgehead atoms. The fourth-order valence-corrected chi connectivity index (χ4v) is 2.93. The summed E-state index contributed by atoms with van der Waals surface area (Å²) in [5, 5.41) is 0. The minimum Gasteiger partial charge on any atom is -0.366 e. The van der Waals surface area contributed by atoms with Crippen molar-refractivity contribution in [3.63, 3.8) is 0 Å². The molecule has 1 heterocycles. The molecule has 1 fully saturated rings. The lowest BCUT2D eigenvalue weighted by atomic mass is 10.1. The number of carbonyl (C=O) groups is 2. The molecule has 1 aliphatic heterocycles. The van der Waals surface area contributed by atoms with Crippen LogP contribution >= 0.6 is 0 Å². The molecule has 2 amide bonds. The summed E-state index contributed by atoms with van der Waals surface area (Å²) < 4.78 is 0. The number of likely N-dealkylation sites (N-methyl/N-ethyl adjacent to an activating group) is 1. The first kappa shape index (κ1) is 18.4. The lowest BCUT2D eigenvalue weighted by molar-refractivity contribution is -0.134. The highest BCUT2D eigenvalue weighted by molar-refractivity contribution is 5.92. The van der Waals surface area contributed by atoms with E-state index in [9.17, 15) is 9.59 Å². The minimum atomic E-state index is -0.401. The number of hydrogen-bond acceptors (Lipinski definition) is 4. The second-order valence-corrected chi connectivity index (χ2v) is 6.18. The molecule has 2 N–H and O–H groups in total. The summed E-state index contributed by atoms with van der Waals surface area (Å²) in [4.78, 5) is 29.9. The average Bonchev–Trinajstić information content (AvgIpc) is 2.60. The van der Waals surface area contributed by atoms with E-state index in [1.165, 1.54) is 0 Å². The zero-order valence-electron chi connectivity index (χ0n) is 14.7. The highest BCUT2D eigenvalue weighted by Crippen LogP contribution is 2.10. The molecule has 0 spiro atoms. The Morgan fingerprint density at radius 2 is 1.62 bits per heavy atom. The molecule has 24 heavy (non-hydrogen) atoms. The molecule has 1 saturated heterocycles. The largest absolute Gasteiger partial charge is 0.366 e. The average molecular weight is 332 g/mol. The molecule has 6 heteroatoms. The predicted molar refractivity (Wildman–Crippen MR) is 94.6 cm³/mol. The molecule has 1 aromatic carbocycles. The Balaban J connectivity index is 1.80. The molecule has 0 unspecified atom stereocenters. The van der Waals surface area contributed by atoms with E-state index in [0.717, 1.165) is 51.4 Å². The van der Waals surface area contributed by atoms with E-state index >= 15 is 0 Å². The first-order valence-corrected chi connectivity index (χ1v) is 8.64. The van der Waals surface area contributed by atoms with Crippen molar-refractivity contribution in [1.82, 2.24) is 14.7 Å². The molecule has 1 aromatic rings. The van der Waals surface area contributed by atoms with Gasteiger partial charge in [-0.25, -0.2) is 0 Å². The molecule has 0 saturated carbocycles. The first-order chi connectivity index (χ1) is 11.5. The second-order valence-electron chi connectivity index (χ2n) is 6.18. The molecule has 2 rings (SSSR count). The zero-order chi connectivity index (χ0) is 17.5. The Hall–Kier alpha value is -1.92. The minimum absolute atomic E-state index is 0.226. The Labute approximate surface area is 144 Å². The zero-order valence-corrected chi connectivity index (χ0v) is 14.7. The normalized spacial score (nSPS) is 15.7. The molecule has 0 aliphatic carbocycles. The Kier molecular flexibility index (Phi) is 6.75. The predicted octanol–water partition coefficient (Wildman–Crippen LogP) is 0.772. The molecular weight excluding hydrogens is 304 g/mol. The number of piperazine rings is 1. The van der Waals surface area contributed by atoms with E-state index in [1.54, 1.807) is 12.1 Å². The Morgan fingerprint density at radius 1 is 1.04 bits per heavy atom. The van der Waals surface area contributed by atoms with Gasteiger partial charge in [-0.15, -0.1) is 0 Å². The van der Waals surface area contributed by atoms with E-state index in [1.807, 2.05) is 17.0 Å². The van der Waals surface area contributed by atoms with Crippen molar-refractivity contribution >= 4 is 11.8 Å². The number of rotatable bonds is 7. The van der Waals surface area contributed by atoms with Gasteiger partial charge in [-0.2, -0.15) is 0 Å². The third-order valence-corrected chi connectivity index (χ3v) is 4.62. The van der Waals surface area contributed by atoms with Gasteiger partial charge in [0.1, 0.15) is 0 Å². The van der Waals surface area contributed by atoms with Gasteiger partial charge in [0.25, 0.3) is 0 Å². The quantitative estimate of drug-likeness (QED) is 0.801. The van der Waals surface area contributed by atoms with Crippen molar-refractivity contribution < 1.29 is 9.59 Å². The monoisotopic (exact) mass is 332 g/mol. The fraction of sp³-hybridized carbons (Fsp3) is 0.556. The number of nitrogens with zero attached hydrogens (tertiary/aromatic N) is 3. The summed E-state index contributed by atoms with van der Waals surface area (Å²) in [5.41, 5.74) is 6.94. The van der Waals surface area contributed by atoms with E-state index in [4.69, 9.17) is 5.73 Å². The van der Waals surface area contributed by atoms with Crippen molar-refractivity contribution in [3.05, 3.63) is 35.4 Å². The molecule has 0 aromatic heterocycles. The van der Waals surface area contributed by atoms with E-state index in [2.05, 4.69) is 23.6 Å². The number of primary amides is 1. The lowest BCUT2D eigenvalue weighted by Crippen LogP contribution is -2.50. The van der Waals surface area contributed by atoms with E-state index in [-0.39, 0.29) is 5.91 Å². The fourth-order valence-electron chi connectivity index (χ4n) is 2.93. The van der Waals surface area contributed by atoms with Gasteiger partial charge in [0.15, 0.2) is 0 Å². The van der Waals surface area contributed by atoms with Gasteiger partial charge in [0.05, 0.1) is 6.54 Å². The highest BCUT2D eigenvalue weighted by atomic mass is 16.2. The van der Waals surface area contributed by atoms with Gasteiger partial charge in [-0.05, 0) is 30.8 Å². The second kappa shape index (κ2) is 8.80. The van der Waals surface area contributed by atoms with Crippen LogP contribution in [-0.4, -0.2) is 72.3 Å². The molecule has 1 aliphatic rings. The van der Waals surface area contributed by atoms with E-state index < -0.39 is 5.91 Å². The van der Waals surface area contributed by atoms with Gasteiger partial charge in [-0.1, -0.05) is 26.0 Å². The van der Waals surface area contributed by atoms with Gasteiger partial charge < -0.3 is 10.6 Å². The summed E-state index contributed by atoms with van der Waals surface area (Å²) >= 11 is 0. The van der Waals surface area contributed by atoms with Crippen molar-refractivity contribution in [2.24, 2.45) is 5.73 Å². The Bertz CT molecular complexity index is 547. The maximum atomic E-state index is 12.3. The van der Waals surface area contributed by atoms with Crippen LogP contribution in [0.3, 0.4) is 0 Å². The van der Waals surface area contributed by atoms with Crippen LogP contribution in [0.2, 0.25) is 0 Å². The standard InChI is InChI=1S/C18H28N4O2/c1-3-20(4-2)14-17(23)22-11-9-21(10-12-22)13-15-5-7-16(8-6-15)18(19)24/h5-8H,3-4,9-14H2,1-2H3,(H2,19,24). The topological polar surface area (TPSA) is 69.9 Å². The van der Waals surface area contributed by atoms with Crippen LogP contribution < -0.4 is 5.73 Å². The van der Waals surface area contributed by atoms with Crippen molar-refractivity contribution in [2.75, 3.05) is 45.8 Å². The maximum absolute atomic E-state index is 12.3. The molecule has 0 atom stereocenters. The SMILES string of the molecule is CCN(CC)CC(=O)N1CCN(Cc2ccc(C(N)=O)cc2)CC1. The van der Waals surface area contributed by atoms with Crippen LogP contribution in [0.5, 0.6) is 0 Å². The summed E-state index contributed by atoms with van der Waals surface area (Å²) in [6, 6.07) is 7.42. The lowest BCUT2D eigenvalue weighted by Gasteiger charge is -2.35. The van der Waals surface area contributed by atoms with E-state index in [0.29, 0.717) is 12.1 Å². The first-order valence-electron chi connectivity index (χ1n) is 8.64. The summed E-state index contributed by atoms with van der Waals surface area (Å²) in [5.74, 6) is -0.175. The number of carbonyl (C=O) groups excluding carboxylic acids is 2. The van der Waals surface area contributed by atoms with Crippen LogP contribution in [-0.2, 0) is 11.3 Å². The van der Waals surface area contributed by atoms with Crippen molar-refractivity contribution in [3.8, 4) is 0 Å². The van der Waals surface area contributed by atoms with Gasteiger partial charge in [0.2, 0.25) is 11.8 Å². The molecule has 0 radical (unpaired) electrons. The number of hydrogen-bond donors (Lipinski definition) is 1. The summed E-state index contributed by atoms with van der Waals surface area (Å²) in [6.07, 6.45) is 0. The van der Waals surface area contributed by atoms with Crippen LogP contribution in [0.1, 0.15) is 29.8 Å². The third-order valence-electron chi connectivity index (χ3n) is 4.62. The van der Waals surface area contributed by atoms with Gasteiger partial charge >= 0.3 is 0 Å². The van der Waals surface area contributed by atoms with Gasteiger partial charge in [0, 0.05) is 38.3 Å². The number of benzene rings is 1. The van der Waals surface area contributed by atoms with Crippen molar-refractivity contribution in [2.45, 2.75) is 20.4 Å². The molecular formula is C18H28N4O2. The highest BCUT2D eigenvalue weighted by Gasteiger charge is 2.22. The molecule has 132 valence electrons. The van der Waals surface area contributed by atoms with Gasteiger partial charge in [-0.3, -0.25) is 19.4 Å². The third kappa shape index (κ3) is 5.04. The van der Waals surface area contributed by atoms with Crippen LogP contribution in [0.4, 0.5) is 0 Å². The smallest absolute Gasteiger partial charge is 0.248 e. The Morgan fingerprint density at radius 3 is 2.12 bits per heavy atom. The van der Waals surface area contributed by atoms with Crippen molar-refractivity contribution in [1.29, 1.82) is 0 Å². The number of nitrogens with two attached hydrogens (primary N) is 1. The maximum Gasteiger partial charge on any atom is 0.248 e. The number of amides is 2.